The minimum absolute atomic E-state index is 0.0558. The predicted octanol–water partition coefficient (Wildman–Crippen LogP) is 1.14. The Kier molecular flexibility index (Phi) is 3.09. The fourth-order valence-electron chi connectivity index (χ4n) is 1.54. The molecule has 1 aromatic carbocycles. The number of rotatable bonds is 3. The van der Waals surface area contributed by atoms with E-state index in [1.54, 1.807) is 24.3 Å². The number of aromatic nitrogens is 2. The van der Waals surface area contributed by atoms with Crippen LogP contribution < -0.4 is 10.4 Å². The van der Waals surface area contributed by atoms with Gasteiger partial charge >= 0.3 is 11.7 Å². The average Bonchev–Trinajstić information content (AvgIpc) is 2.38. The van der Waals surface area contributed by atoms with Gasteiger partial charge in [0, 0.05) is 6.20 Å². The number of methoxy groups -OCH3 is 1. The monoisotopic (exact) mass is 246 g/mol. The lowest BCUT2D eigenvalue weighted by Gasteiger charge is -2.06. The molecule has 1 aromatic heterocycles. The zero-order valence-electron chi connectivity index (χ0n) is 9.51. The van der Waals surface area contributed by atoms with Gasteiger partial charge in [0.1, 0.15) is 11.3 Å². The van der Waals surface area contributed by atoms with Crippen molar-refractivity contribution >= 4 is 5.97 Å². The molecule has 6 nitrogen and oxygen atoms in total. The van der Waals surface area contributed by atoms with Crippen LogP contribution in [0.1, 0.15) is 10.4 Å². The number of carboxylic acid groups (broad SMARTS) is 1. The summed E-state index contributed by atoms with van der Waals surface area (Å²) in [5.74, 6) is -0.503. The summed E-state index contributed by atoms with van der Waals surface area (Å²) in [6, 6.07) is 6.69. The second-order valence-electron chi connectivity index (χ2n) is 3.51. The first-order chi connectivity index (χ1) is 8.61. The Hall–Kier alpha value is -2.63. The third kappa shape index (κ3) is 2.22. The van der Waals surface area contributed by atoms with Gasteiger partial charge in [0.15, 0.2) is 0 Å². The molecule has 0 spiro atoms. The molecule has 0 amide bonds. The molecule has 0 aliphatic carbocycles. The Morgan fingerprint density at radius 1 is 1.33 bits per heavy atom. The molecule has 0 radical (unpaired) electrons. The fraction of sp³-hybridized carbons (Fsp3) is 0.0833. The van der Waals surface area contributed by atoms with Crippen LogP contribution in [0.25, 0.3) is 11.3 Å². The Morgan fingerprint density at radius 3 is 2.56 bits per heavy atom. The number of H-pyrrole nitrogens is 1. The normalized spacial score (nSPS) is 10.1. The summed E-state index contributed by atoms with van der Waals surface area (Å²) in [6.07, 6.45) is 1.04. The molecule has 0 atom stereocenters. The highest BCUT2D eigenvalue weighted by Gasteiger charge is 2.13. The van der Waals surface area contributed by atoms with Crippen molar-refractivity contribution in [3.63, 3.8) is 0 Å². The summed E-state index contributed by atoms with van der Waals surface area (Å²) < 4.78 is 5.01. The van der Waals surface area contributed by atoms with Crippen LogP contribution in [0.15, 0.2) is 35.3 Å². The number of hydrogen-bond donors (Lipinski definition) is 2. The van der Waals surface area contributed by atoms with Crippen molar-refractivity contribution in [3.8, 4) is 17.0 Å². The quantitative estimate of drug-likeness (QED) is 0.847. The Labute approximate surface area is 102 Å². The van der Waals surface area contributed by atoms with Crippen molar-refractivity contribution in [2.75, 3.05) is 7.11 Å². The molecule has 2 N–H and O–H groups in total. The fourth-order valence-corrected chi connectivity index (χ4v) is 1.54. The van der Waals surface area contributed by atoms with Gasteiger partial charge in [-0.15, -0.1) is 0 Å². The second-order valence-corrected chi connectivity index (χ2v) is 3.51. The van der Waals surface area contributed by atoms with Crippen LogP contribution in [0.2, 0.25) is 0 Å². The van der Waals surface area contributed by atoms with Gasteiger partial charge in [0.05, 0.1) is 12.8 Å². The number of carboxylic acids is 1. The van der Waals surface area contributed by atoms with E-state index < -0.39 is 11.7 Å². The highest BCUT2D eigenvalue weighted by molar-refractivity contribution is 5.94. The zero-order valence-corrected chi connectivity index (χ0v) is 9.51. The van der Waals surface area contributed by atoms with Gasteiger partial charge in [0.25, 0.3) is 0 Å². The second kappa shape index (κ2) is 4.70. The van der Waals surface area contributed by atoms with E-state index in [1.165, 1.54) is 7.11 Å². The number of hydrogen-bond acceptors (Lipinski definition) is 4. The standard InChI is InChI=1S/C12H10N2O4/c1-18-8-4-2-7(3-5-8)10-9(11(15)16)6-13-12(17)14-10/h2-6H,1H3,(H,15,16)(H,13,14,17). The first kappa shape index (κ1) is 11.8. The summed E-state index contributed by atoms with van der Waals surface area (Å²) >= 11 is 0. The minimum atomic E-state index is -1.15. The summed E-state index contributed by atoms with van der Waals surface area (Å²) in [5, 5.41) is 9.03. The van der Waals surface area contributed by atoms with Gasteiger partial charge in [0.2, 0.25) is 0 Å². The average molecular weight is 246 g/mol. The minimum Gasteiger partial charge on any atom is -0.497 e. The van der Waals surface area contributed by atoms with Crippen molar-refractivity contribution in [2.24, 2.45) is 0 Å². The third-order valence-electron chi connectivity index (χ3n) is 2.42. The van der Waals surface area contributed by atoms with Crippen LogP contribution in [0.3, 0.4) is 0 Å². The van der Waals surface area contributed by atoms with Gasteiger partial charge in [-0.1, -0.05) is 0 Å². The maximum atomic E-state index is 11.2. The summed E-state index contributed by atoms with van der Waals surface area (Å²) in [5.41, 5.74) is 0.156. The lowest BCUT2D eigenvalue weighted by molar-refractivity contribution is 0.0697. The molecule has 0 fully saturated rings. The van der Waals surface area contributed by atoms with Crippen molar-refractivity contribution in [1.29, 1.82) is 0 Å². The maximum Gasteiger partial charge on any atom is 0.345 e. The number of nitrogens with zero attached hydrogens (tertiary/aromatic N) is 1. The van der Waals surface area contributed by atoms with Crippen LogP contribution in [-0.4, -0.2) is 28.2 Å². The molecule has 2 rings (SSSR count). The largest absolute Gasteiger partial charge is 0.497 e. The van der Waals surface area contributed by atoms with Crippen molar-refractivity contribution in [3.05, 3.63) is 46.5 Å². The van der Waals surface area contributed by atoms with Crippen LogP contribution in [0.5, 0.6) is 5.75 Å². The molecule has 2 aromatic rings. The third-order valence-corrected chi connectivity index (χ3v) is 2.42. The van der Waals surface area contributed by atoms with E-state index in [9.17, 15) is 9.59 Å². The number of benzene rings is 1. The molecule has 0 aliphatic rings. The number of aromatic carboxylic acids is 1. The van der Waals surface area contributed by atoms with E-state index in [-0.39, 0.29) is 11.3 Å². The predicted molar refractivity (Wildman–Crippen MR) is 63.8 cm³/mol. The SMILES string of the molecule is COc1ccc(-c2[nH]c(=O)ncc2C(=O)O)cc1. The molecule has 1 heterocycles. The topological polar surface area (TPSA) is 92.3 Å². The van der Waals surface area contributed by atoms with Gasteiger partial charge in [-0.2, -0.15) is 0 Å². The number of ether oxygens (including phenoxy) is 1. The number of nitrogens with one attached hydrogen (secondary N) is 1. The molecular weight excluding hydrogens is 236 g/mol. The van der Waals surface area contributed by atoms with Crippen LogP contribution in [0, 0.1) is 0 Å². The van der Waals surface area contributed by atoms with Crippen LogP contribution >= 0.6 is 0 Å². The summed E-state index contributed by atoms with van der Waals surface area (Å²) in [4.78, 5) is 28.0. The number of carbonyl (C=O) groups is 1. The van der Waals surface area contributed by atoms with Gasteiger partial charge in [-0.05, 0) is 29.8 Å². The van der Waals surface area contributed by atoms with Gasteiger partial charge in [-0.3, -0.25) is 0 Å². The molecular formula is C12H10N2O4. The van der Waals surface area contributed by atoms with Gasteiger partial charge in [-0.25, -0.2) is 14.6 Å². The van der Waals surface area contributed by atoms with Crippen LogP contribution in [-0.2, 0) is 0 Å². The zero-order chi connectivity index (χ0) is 13.1. The molecule has 0 bridgehead atoms. The molecule has 0 aliphatic heterocycles. The van der Waals surface area contributed by atoms with Crippen molar-refractivity contribution < 1.29 is 14.6 Å². The van der Waals surface area contributed by atoms with E-state index in [4.69, 9.17) is 9.84 Å². The lowest BCUT2D eigenvalue weighted by atomic mass is 10.1. The summed E-state index contributed by atoms with van der Waals surface area (Å²) in [7, 11) is 1.53. The molecule has 0 saturated carbocycles. The molecule has 92 valence electrons. The van der Waals surface area contributed by atoms with E-state index in [0.717, 1.165) is 6.20 Å². The van der Waals surface area contributed by atoms with E-state index in [2.05, 4.69) is 9.97 Å². The first-order valence-corrected chi connectivity index (χ1v) is 5.09. The first-order valence-electron chi connectivity index (χ1n) is 5.09. The van der Waals surface area contributed by atoms with E-state index >= 15 is 0 Å². The Bertz CT molecular complexity index is 631. The molecule has 0 saturated heterocycles. The molecule has 0 unspecified atom stereocenters. The summed E-state index contributed by atoms with van der Waals surface area (Å²) in [6.45, 7) is 0. The smallest absolute Gasteiger partial charge is 0.345 e. The maximum absolute atomic E-state index is 11.2. The Balaban J connectivity index is 2.57. The number of aromatic amines is 1. The Morgan fingerprint density at radius 2 is 2.00 bits per heavy atom. The highest BCUT2D eigenvalue weighted by atomic mass is 16.5. The van der Waals surface area contributed by atoms with Crippen molar-refractivity contribution in [2.45, 2.75) is 0 Å². The van der Waals surface area contributed by atoms with E-state index in [1.807, 2.05) is 0 Å². The highest BCUT2D eigenvalue weighted by Crippen LogP contribution is 2.22. The van der Waals surface area contributed by atoms with Crippen LogP contribution in [0.4, 0.5) is 0 Å². The lowest BCUT2D eigenvalue weighted by Crippen LogP contribution is -2.14. The van der Waals surface area contributed by atoms with Crippen molar-refractivity contribution in [1.82, 2.24) is 9.97 Å². The molecule has 18 heavy (non-hydrogen) atoms. The van der Waals surface area contributed by atoms with Gasteiger partial charge < -0.3 is 14.8 Å². The molecule has 6 heteroatoms. The van der Waals surface area contributed by atoms with E-state index in [0.29, 0.717) is 11.3 Å².